The molecule has 1 aliphatic rings. The molecule has 0 fully saturated rings. The zero-order valence-corrected chi connectivity index (χ0v) is 13.9. The van der Waals surface area contributed by atoms with Gasteiger partial charge in [0.1, 0.15) is 5.75 Å². The van der Waals surface area contributed by atoms with Crippen LogP contribution in [0.25, 0.3) is 10.8 Å². The van der Waals surface area contributed by atoms with Crippen molar-refractivity contribution in [2.45, 2.75) is 39.7 Å². The van der Waals surface area contributed by atoms with Crippen molar-refractivity contribution in [3.8, 4) is 5.75 Å². The van der Waals surface area contributed by atoms with Crippen molar-refractivity contribution in [2.75, 3.05) is 7.11 Å². The van der Waals surface area contributed by atoms with E-state index in [9.17, 15) is 0 Å². The fourth-order valence-corrected chi connectivity index (χ4v) is 3.56. The van der Waals surface area contributed by atoms with Gasteiger partial charge in [-0.15, -0.1) is 0 Å². The maximum absolute atomic E-state index is 5.56. The average Bonchev–Trinajstić information content (AvgIpc) is 2.84. The molecule has 0 amide bonds. The van der Waals surface area contributed by atoms with Crippen LogP contribution in [-0.4, -0.2) is 23.4 Å². The highest BCUT2D eigenvalue weighted by Gasteiger charge is 2.34. The topological polar surface area (TPSA) is 12.2 Å². The summed E-state index contributed by atoms with van der Waals surface area (Å²) in [6.45, 7) is 6.65. The number of benzene rings is 2. The highest BCUT2D eigenvalue weighted by atomic mass is 16.5. The number of allylic oxidation sites excluding steroid dienone is 2. The monoisotopic (exact) mass is 294 g/mol. The third-order valence-electron chi connectivity index (χ3n) is 4.47. The first kappa shape index (κ1) is 14.8. The normalized spacial score (nSPS) is 15.1. The van der Waals surface area contributed by atoms with Crippen LogP contribution in [0.2, 0.25) is 0 Å². The van der Waals surface area contributed by atoms with Crippen molar-refractivity contribution in [3.05, 3.63) is 48.0 Å². The van der Waals surface area contributed by atoms with Gasteiger partial charge in [0, 0.05) is 23.9 Å². The van der Waals surface area contributed by atoms with E-state index in [0.29, 0.717) is 6.04 Å². The Morgan fingerprint density at radius 2 is 2.05 bits per heavy atom. The summed E-state index contributed by atoms with van der Waals surface area (Å²) in [5.41, 5.74) is 3.92. The van der Waals surface area contributed by atoms with Crippen molar-refractivity contribution < 1.29 is 9.31 Å². The van der Waals surface area contributed by atoms with Crippen molar-refractivity contribution in [1.82, 2.24) is 0 Å². The Kier molecular flexibility index (Phi) is 4.02. The minimum atomic E-state index is 0.486. The molecule has 1 unspecified atom stereocenters. The molecule has 2 aromatic carbocycles. The molecule has 0 saturated carbocycles. The number of methoxy groups -OCH3 is 1. The second-order valence-electron chi connectivity index (χ2n) is 5.91. The summed E-state index contributed by atoms with van der Waals surface area (Å²) in [5.74, 6) is 0.949. The zero-order valence-electron chi connectivity index (χ0n) is 13.9. The fraction of sp³-hybridized carbons (Fsp3) is 0.350. The molecular formula is C20H24NO+. The molecule has 1 aliphatic heterocycles. The highest BCUT2D eigenvalue weighted by molar-refractivity contribution is 6.20. The van der Waals surface area contributed by atoms with Gasteiger partial charge in [-0.05, 0) is 32.4 Å². The van der Waals surface area contributed by atoms with E-state index in [-0.39, 0.29) is 0 Å². The summed E-state index contributed by atoms with van der Waals surface area (Å²) >= 11 is 0. The zero-order chi connectivity index (χ0) is 15.7. The highest BCUT2D eigenvalue weighted by Crippen LogP contribution is 2.41. The van der Waals surface area contributed by atoms with Crippen molar-refractivity contribution in [1.29, 1.82) is 0 Å². The molecule has 114 valence electrons. The predicted octanol–water partition coefficient (Wildman–Crippen LogP) is 5.06. The molecule has 2 aromatic rings. The minimum Gasteiger partial charge on any atom is -0.496 e. The molecule has 1 heterocycles. The molecule has 0 radical (unpaired) electrons. The lowest BCUT2D eigenvalue weighted by atomic mass is 10.0. The van der Waals surface area contributed by atoms with Gasteiger partial charge in [0.2, 0.25) is 11.4 Å². The molecule has 0 spiro atoms. The van der Waals surface area contributed by atoms with E-state index >= 15 is 0 Å². The van der Waals surface area contributed by atoms with Crippen LogP contribution in [-0.2, 0) is 0 Å². The van der Waals surface area contributed by atoms with Crippen LogP contribution in [0.5, 0.6) is 5.75 Å². The van der Waals surface area contributed by atoms with E-state index in [2.05, 4.69) is 67.8 Å². The van der Waals surface area contributed by atoms with E-state index in [1.54, 1.807) is 7.11 Å². The van der Waals surface area contributed by atoms with Gasteiger partial charge in [0.05, 0.1) is 18.1 Å². The molecule has 2 nitrogen and oxygen atoms in total. The molecule has 0 saturated heterocycles. The third-order valence-corrected chi connectivity index (χ3v) is 4.47. The van der Waals surface area contributed by atoms with Crippen LogP contribution in [0.1, 0.15) is 39.2 Å². The van der Waals surface area contributed by atoms with Gasteiger partial charge in [-0.3, -0.25) is 0 Å². The average molecular weight is 294 g/mol. The van der Waals surface area contributed by atoms with E-state index < -0.39 is 0 Å². The quantitative estimate of drug-likeness (QED) is 0.702. The van der Waals surface area contributed by atoms with Crippen LogP contribution in [0.15, 0.2) is 42.5 Å². The van der Waals surface area contributed by atoms with Crippen molar-refractivity contribution >= 4 is 22.2 Å². The van der Waals surface area contributed by atoms with Gasteiger partial charge < -0.3 is 4.74 Å². The van der Waals surface area contributed by atoms with Crippen LogP contribution >= 0.6 is 0 Å². The first-order valence-electron chi connectivity index (χ1n) is 8.11. The number of rotatable bonds is 5. The smallest absolute Gasteiger partial charge is 0.214 e. The first-order chi connectivity index (χ1) is 10.7. The van der Waals surface area contributed by atoms with Gasteiger partial charge >= 0.3 is 0 Å². The molecule has 22 heavy (non-hydrogen) atoms. The van der Waals surface area contributed by atoms with Crippen molar-refractivity contribution in [3.63, 3.8) is 0 Å². The second-order valence-corrected chi connectivity index (χ2v) is 5.91. The Bertz CT molecular complexity index is 771. The maximum Gasteiger partial charge on any atom is 0.214 e. The molecule has 0 aliphatic carbocycles. The molecule has 0 aromatic heterocycles. The van der Waals surface area contributed by atoms with Crippen LogP contribution in [0.3, 0.4) is 0 Å². The summed E-state index contributed by atoms with van der Waals surface area (Å²) in [5, 5.41) is 2.52. The summed E-state index contributed by atoms with van der Waals surface area (Å²) in [7, 11) is 1.74. The Morgan fingerprint density at radius 1 is 1.23 bits per heavy atom. The fourth-order valence-electron chi connectivity index (χ4n) is 3.56. The van der Waals surface area contributed by atoms with E-state index in [1.165, 1.54) is 40.6 Å². The largest absolute Gasteiger partial charge is 0.496 e. The second kappa shape index (κ2) is 5.96. The molecular weight excluding hydrogens is 270 g/mol. The van der Waals surface area contributed by atoms with Gasteiger partial charge in [0.25, 0.3) is 0 Å². The lowest BCUT2D eigenvalue weighted by Crippen LogP contribution is -2.22. The van der Waals surface area contributed by atoms with E-state index in [1.807, 2.05) is 0 Å². The standard InChI is InChI=1S/C20H24NO/c1-5-8-14(3)21-17(9-6-2)15-10-7-11-16-19(22-4)13-12-18(21)20(15)16/h6-7,9-14H,5,8H2,1-4H3/q+1/b9-6+. The molecule has 3 rings (SSSR count). The van der Waals surface area contributed by atoms with Crippen molar-refractivity contribution in [2.24, 2.45) is 0 Å². The maximum atomic E-state index is 5.56. The minimum absolute atomic E-state index is 0.486. The summed E-state index contributed by atoms with van der Waals surface area (Å²) in [6, 6.07) is 11.3. The number of hydrogen-bond donors (Lipinski definition) is 0. The summed E-state index contributed by atoms with van der Waals surface area (Å²) in [6.07, 6.45) is 6.73. The third kappa shape index (κ3) is 2.14. The van der Waals surface area contributed by atoms with Crippen LogP contribution < -0.4 is 4.74 Å². The number of nitrogens with zero attached hydrogens (tertiary/aromatic N) is 1. The van der Waals surface area contributed by atoms with Gasteiger partial charge in [-0.2, -0.15) is 4.58 Å². The summed E-state index contributed by atoms with van der Waals surface area (Å²) in [4.78, 5) is 0. The van der Waals surface area contributed by atoms with Gasteiger partial charge in [0.15, 0.2) is 6.04 Å². The summed E-state index contributed by atoms with van der Waals surface area (Å²) < 4.78 is 8.04. The van der Waals surface area contributed by atoms with Gasteiger partial charge in [-0.25, -0.2) is 0 Å². The number of ether oxygens (including phenoxy) is 1. The Balaban J connectivity index is 2.32. The Hall–Kier alpha value is -2.09. The number of hydrogen-bond acceptors (Lipinski definition) is 1. The molecule has 1 atom stereocenters. The molecule has 0 bridgehead atoms. The van der Waals surface area contributed by atoms with E-state index in [0.717, 1.165) is 5.75 Å². The lowest BCUT2D eigenvalue weighted by molar-refractivity contribution is -0.476. The van der Waals surface area contributed by atoms with E-state index in [4.69, 9.17) is 4.74 Å². The molecule has 0 N–H and O–H groups in total. The Labute approximate surface area is 132 Å². The Morgan fingerprint density at radius 3 is 2.73 bits per heavy atom. The molecule has 2 heteroatoms. The first-order valence-corrected chi connectivity index (χ1v) is 8.11. The van der Waals surface area contributed by atoms with Crippen LogP contribution in [0, 0.1) is 0 Å². The van der Waals surface area contributed by atoms with Gasteiger partial charge in [-0.1, -0.05) is 25.1 Å². The van der Waals surface area contributed by atoms with Crippen LogP contribution in [0.4, 0.5) is 5.69 Å². The predicted molar refractivity (Wildman–Crippen MR) is 93.7 cm³/mol. The lowest BCUT2D eigenvalue weighted by Gasteiger charge is -2.10. The SMILES string of the molecule is C/C=C/C1=[N+](C(C)CCC)c2ccc(OC)c3cccc1c23.